The van der Waals surface area contributed by atoms with Crippen LogP contribution < -0.4 is 5.32 Å². The Labute approximate surface area is 124 Å². The summed E-state index contributed by atoms with van der Waals surface area (Å²) in [6.07, 6.45) is 0. The Morgan fingerprint density at radius 3 is 2.40 bits per heavy atom. The number of carbonyl (C=O) groups excluding carboxylic acids is 1. The highest BCUT2D eigenvalue weighted by Gasteiger charge is 2.20. The number of nitrogens with one attached hydrogen (secondary N) is 1. The molecule has 2 rings (SSSR count). The van der Waals surface area contributed by atoms with Crippen molar-refractivity contribution in [2.45, 2.75) is 40.0 Å². The number of carbonyl (C=O) groups is 1. The smallest absolute Gasteiger partial charge is 0.275 e. The van der Waals surface area contributed by atoms with Crippen LogP contribution in [0, 0.1) is 13.8 Å². The van der Waals surface area contributed by atoms with Gasteiger partial charge in [0, 0.05) is 10.6 Å². The molecule has 0 atom stereocenters. The van der Waals surface area contributed by atoms with Crippen LogP contribution in [0.15, 0.2) is 24.3 Å². The number of aryl methyl sites for hydroxylation is 2. The molecule has 0 fully saturated rings. The number of hydrogen-bond acceptors (Lipinski definition) is 3. The van der Waals surface area contributed by atoms with Crippen molar-refractivity contribution in [3.63, 3.8) is 0 Å². The topological polar surface area (TPSA) is 42.0 Å². The van der Waals surface area contributed by atoms with Crippen LogP contribution in [0.5, 0.6) is 0 Å². The van der Waals surface area contributed by atoms with Crippen LogP contribution in [0.3, 0.4) is 0 Å². The minimum atomic E-state index is -0.136. The number of nitrogens with zero attached hydrogens (tertiary/aromatic N) is 1. The molecule has 0 aliphatic rings. The van der Waals surface area contributed by atoms with Gasteiger partial charge in [-0.3, -0.25) is 4.79 Å². The quantitative estimate of drug-likeness (QED) is 0.894. The Balaban J connectivity index is 2.31. The van der Waals surface area contributed by atoms with Gasteiger partial charge in [0.1, 0.15) is 5.69 Å². The molecule has 1 N–H and O–H groups in total. The number of para-hydroxylation sites is 1. The van der Waals surface area contributed by atoms with Gasteiger partial charge in [-0.15, -0.1) is 11.3 Å². The second-order valence-electron chi connectivity index (χ2n) is 5.89. The zero-order valence-electron chi connectivity index (χ0n) is 12.6. The summed E-state index contributed by atoms with van der Waals surface area (Å²) < 4.78 is 0. The molecule has 0 aliphatic carbocycles. The first-order chi connectivity index (χ1) is 9.29. The number of anilines is 1. The molecular weight excluding hydrogens is 268 g/mol. The van der Waals surface area contributed by atoms with E-state index in [1.54, 1.807) is 11.3 Å². The lowest BCUT2D eigenvalue weighted by Gasteiger charge is -2.22. The molecule has 0 bridgehead atoms. The normalized spacial score (nSPS) is 11.4. The van der Waals surface area contributed by atoms with Gasteiger partial charge in [0.15, 0.2) is 0 Å². The maximum absolute atomic E-state index is 12.4. The van der Waals surface area contributed by atoms with E-state index in [-0.39, 0.29) is 11.3 Å². The zero-order chi connectivity index (χ0) is 14.9. The second-order valence-corrected chi connectivity index (χ2v) is 7.29. The van der Waals surface area contributed by atoms with Gasteiger partial charge in [-0.1, -0.05) is 39.0 Å². The van der Waals surface area contributed by atoms with Gasteiger partial charge in [-0.05, 0) is 30.9 Å². The average Bonchev–Trinajstić information content (AvgIpc) is 2.68. The van der Waals surface area contributed by atoms with E-state index in [0.29, 0.717) is 5.69 Å². The number of benzene rings is 1. The first kappa shape index (κ1) is 14.7. The summed E-state index contributed by atoms with van der Waals surface area (Å²) in [6, 6.07) is 7.92. The molecule has 106 valence electrons. The van der Waals surface area contributed by atoms with Gasteiger partial charge in [0.25, 0.3) is 5.91 Å². The number of aromatic nitrogens is 1. The van der Waals surface area contributed by atoms with Gasteiger partial charge in [0.2, 0.25) is 0 Å². The van der Waals surface area contributed by atoms with Crippen molar-refractivity contribution in [3.8, 4) is 0 Å². The van der Waals surface area contributed by atoms with E-state index in [1.807, 2.05) is 32.0 Å². The Morgan fingerprint density at radius 1 is 1.20 bits per heavy atom. The lowest BCUT2D eigenvalue weighted by Crippen LogP contribution is -2.19. The molecule has 0 spiro atoms. The predicted molar refractivity (Wildman–Crippen MR) is 84.7 cm³/mol. The second kappa shape index (κ2) is 5.37. The highest BCUT2D eigenvalue weighted by atomic mass is 32.1. The lowest BCUT2D eigenvalue weighted by atomic mass is 9.86. The van der Waals surface area contributed by atoms with Crippen LogP contribution >= 0.6 is 11.3 Å². The van der Waals surface area contributed by atoms with Crippen LogP contribution in [0.25, 0.3) is 0 Å². The molecule has 20 heavy (non-hydrogen) atoms. The van der Waals surface area contributed by atoms with Crippen molar-refractivity contribution >= 4 is 22.9 Å². The van der Waals surface area contributed by atoms with Crippen LogP contribution in [0.4, 0.5) is 5.69 Å². The molecular formula is C16H20N2OS. The third kappa shape index (κ3) is 3.07. The number of hydrogen-bond donors (Lipinski definition) is 1. The fourth-order valence-electron chi connectivity index (χ4n) is 2.17. The zero-order valence-corrected chi connectivity index (χ0v) is 13.4. The number of amides is 1. The first-order valence-electron chi connectivity index (χ1n) is 6.64. The highest BCUT2D eigenvalue weighted by Crippen LogP contribution is 2.29. The summed E-state index contributed by atoms with van der Waals surface area (Å²) in [5, 5.41) is 3.91. The molecule has 0 saturated heterocycles. The van der Waals surface area contributed by atoms with Crippen molar-refractivity contribution < 1.29 is 4.79 Å². The van der Waals surface area contributed by atoms with Gasteiger partial charge in [-0.25, -0.2) is 4.98 Å². The molecule has 0 aliphatic heterocycles. The molecule has 4 heteroatoms. The maximum Gasteiger partial charge on any atom is 0.275 e. The van der Waals surface area contributed by atoms with Crippen molar-refractivity contribution in [1.82, 2.24) is 4.98 Å². The molecule has 0 unspecified atom stereocenters. The Kier molecular flexibility index (Phi) is 3.95. The molecule has 3 nitrogen and oxygen atoms in total. The van der Waals surface area contributed by atoms with Crippen molar-refractivity contribution in [3.05, 3.63) is 45.4 Å². The third-order valence-electron chi connectivity index (χ3n) is 3.10. The van der Waals surface area contributed by atoms with Gasteiger partial charge >= 0.3 is 0 Å². The minimum Gasteiger partial charge on any atom is -0.320 e. The Hall–Kier alpha value is -1.68. The molecule has 0 radical (unpaired) electrons. The number of rotatable bonds is 2. The summed E-state index contributed by atoms with van der Waals surface area (Å²) in [7, 11) is 0. The predicted octanol–water partition coefficient (Wildman–Crippen LogP) is 4.31. The van der Waals surface area contributed by atoms with Crippen molar-refractivity contribution in [2.75, 3.05) is 5.32 Å². The fourth-order valence-corrected chi connectivity index (χ4v) is 2.98. The summed E-state index contributed by atoms with van der Waals surface area (Å²) in [5.74, 6) is -0.136. The van der Waals surface area contributed by atoms with Crippen molar-refractivity contribution in [2.24, 2.45) is 0 Å². The molecule has 1 heterocycles. The minimum absolute atomic E-state index is 0.0170. The van der Waals surface area contributed by atoms with E-state index >= 15 is 0 Å². The van der Waals surface area contributed by atoms with E-state index in [2.05, 4.69) is 37.1 Å². The van der Waals surface area contributed by atoms with E-state index in [0.717, 1.165) is 21.1 Å². The summed E-state index contributed by atoms with van der Waals surface area (Å²) in [6.45, 7) is 10.2. The van der Waals surface area contributed by atoms with E-state index < -0.39 is 0 Å². The molecule has 1 aromatic carbocycles. The van der Waals surface area contributed by atoms with Crippen LogP contribution in [0.1, 0.15) is 46.7 Å². The lowest BCUT2D eigenvalue weighted by molar-refractivity contribution is 0.102. The van der Waals surface area contributed by atoms with Crippen molar-refractivity contribution in [1.29, 1.82) is 0 Å². The summed E-state index contributed by atoms with van der Waals surface area (Å²) in [4.78, 5) is 17.6. The van der Waals surface area contributed by atoms with Crippen LogP contribution in [0.2, 0.25) is 0 Å². The van der Waals surface area contributed by atoms with Crippen LogP contribution in [-0.4, -0.2) is 10.9 Å². The summed E-state index contributed by atoms with van der Waals surface area (Å²) in [5.41, 5.74) is 2.49. The van der Waals surface area contributed by atoms with E-state index in [4.69, 9.17) is 0 Å². The Bertz CT molecular complexity index is 638. The third-order valence-corrected chi connectivity index (χ3v) is 3.99. The van der Waals surface area contributed by atoms with E-state index in [9.17, 15) is 4.79 Å². The first-order valence-corrected chi connectivity index (χ1v) is 7.45. The summed E-state index contributed by atoms with van der Waals surface area (Å²) >= 11 is 1.55. The maximum atomic E-state index is 12.4. The number of thiazole rings is 1. The van der Waals surface area contributed by atoms with Gasteiger partial charge < -0.3 is 5.32 Å². The van der Waals surface area contributed by atoms with Gasteiger partial charge in [0.05, 0.1) is 5.01 Å². The van der Waals surface area contributed by atoms with E-state index in [1.165, 1.54) is 0 Å². The molecule has 2 aromatic rings. The monoisotopic (exact) mass is 288 g/mol. The van der Waals surface area contributed by atoms with Crippen LogP contribution in [-0.2, 0) is 5.41 Å². The highest BCUT2D eigenvalue weighted by molar-refractivity contribution is 7.11. The van der Waals surface area contributed by atoms with Gasteiger partial charge in [-0.2, -0.15) is 0 Å². The Morgan fingerprint density at radius 2 is 1.85 bits per heavy atom. The SMILES string of the molecule is Cc1nc(C(=O)Nc2ccccc2C(C)(C)C)c(C)s1. The fraction of sp³-hybridized carbons (Fsp3) is 0.375. The molecule has 0 saturated carbocycles. The average molecular weight is 288 g/mol. The molecule has 1 aromatic heterocycles. The molecule has 1 amide bonds. The largest absolute Gasteiger partial charge is 0.320 e. The standard InChI is InChI=1S/C16H20N2OS/c1-10-14(17-11(2)20-10)15(19)18-13-9-7-6-8-12(13)16(3,4)5/h6-9H,1-5H3,(H,18,19).